The molecule has 0 aromatic carbocycles. The number of likely N-dealkylation sites (tertiary alicyclic amines) is 1. The number of aliphatic hydroxyl groups excluding tert-OH is 1. The average Bonchev–Trinajstić information content (AvgIpc) is 3.56. The van der Waals surface area contributed by atoms with Gasteiger partial charge in [-0.15, -0.1) is 0 Å². The summed E-state index contributed by atoms with van der Waals surface area (Å²) in [5, 5.41) is 15.2. The molecule has 0 aromatic heterocycles. The van der Waals surface area contributed by atoms with Gasteiger partial charge < -0.3 is 29.5 Å². The summed E-state index contributed by atoms with van der Waals surface area (Å²) in [6.45, 7) is 17.7. The average molecular weight is 615 g/mol. The van der Waals surface area contributed by atoms with E-state index in [-0.39, 0.29) is 75.5 Å². The van der Waals surface area contributed by atoms with E-state index in [1.165, 1.54) is 12.8 Å². The molecule has 2 N–H and O–H groups in total. The number of nitrogens with zero attached hydrogens (tertiary/aromatic N) is 1. The first-order valence-electron chi connectivity index (χ1n) is 17.9. The Balaban J connectivity index is 1.15. The molecule has 8 nitrogen and oxygen atoms in total. The van der Waals surface area contributed by atoms with E-state index in [1.54, 1.807) is 11.9 Å². The molecule has 2 amide bonds. The van der Waals surface area contributed by atoms with Crippen LogP contribution in [0.15, 0.2) is 0 Å². The Morgan fingerprint density at radius 3 is 2.32 bits per heavy atom. The molecule has 5 aliphatic carbocycles. The molecule has 0 radical (unpaired) electrons. The lowest BCUT2D eigenvalue weighted by Gasteiger charge is -2.63. The Kier molecular flexibility index (Phi) is 7.05. The van der Waals surface area contributed by atoms with Crippen molar-refractivity contribution in [2.24, 2.45) is 56.7 Å². The number of carbonyl (C=O) groups is 2. The summed E-state index contributed by atoms with van der Waals surface area (Å²) in [6, 6.07) is 0. The van der Waals surface area contributed by atoms with Crippen LogP contribution in [0.5, 0.6) is 0 Å². The summed E-state index contributed by atoms with van der Waals surface area (Å²) in [7, 11) is 1.64. The molecular weight excluding hydrogens is 556 g/mol. The van der Waals surface area contributed by atoms with Crippen molar-refractivity contribution < 1.29 is 28.9 Å². The molecule has 8 heteroatoms. The third kappa shape index (κ3) is 3.82. The third-order valence-electron chi connectivity index (χ3n) is 15.6. The largest absolute Gasteiger partial charge is 0.446 e. The SMILES string of the molecule is CNC(=O)O[C@H]1CC[C@]23C[C@]24CCC2(C)C5C(OC([C@H](OC(=O)N6CCC6)C(C)C)C[C@H]5C)[C@H](O)[C@@]2(C)C4CC[C@H]3C1(C)C. The van der Waals surface area contributed by atoms with Crippen molar-refractivity contribution in [3.63, 3.8) is 0 Å². The van der Waals surface area contributed by atoms with Crippen molar-refractivity contribution >= 4 is 12.2 Å². The molecule has 7 fully saturated rings. The highest BCUT2D eigenvalue weighted by atomic mass is 16.6. The van der Waals surface area contributed by atoms with Crippen LogP contribution in [0.1, 0.15) is 106 Å². The van der Waals surface area contributed by atoms with E-state index in [2.05, 4.69) is 53.8 Å². The van der Waals surface area contributed by atoms with Gasteiger partial charge in [0.2, 0.25) is 0 Å². The summed E-state index contributed by atoms with van der Waals surface area (Å²) < 4.78 is 19.1. The molecule has 5 unspecified atom stereocenters. The maximum Gasteiger partial charge on any atom is 0.410 e. The van der Waals surface area contributed by atoms with Crippen molar-refractivity contribution in [3.8, 4) is 0 Å². The molecule has 2 saturated heterocycles. The normalized spacial score (nSPS) is 50.5. The minimum atomic E-state index is -0.543. The van der Waals surface area contributed by atoms with Gasteiger partial charge in [0.25, 0.3) is 0 Å². The summed E-state index contributed by atoms with van der Waals surface area (Å²) in [6.07, 6.45) is 7.88. The highest BCUT2D eigenvalue weighted by Crippen LogP contribution is 2.89. The minimum Gasteiger partial charge on any atom is -0.446 e. The molecule has 2 aliphatic heterocycles. The minimum absolute atomic E-state index is 0.00924. The fraction of sp³-hybridized carbons (Fsp3) is 0.944. The topological polar surface area (TPSA) is 97.3 Å². The fourth-order valence-corrected chi connectivity index (χ4v) is 13.3. The number of ether oxygens (including phenoxy) is 3. The molecule has 2 heterocycles. The van der Waals surface area contributed by atoms with Crippen LogP contribution in [-0.2, 0) is 14.2 Å². The zero-order chi connectivity index (χ0) is 31.6. The molecule has 0 bridgehead atoms. The first-order chi connectivity index (χ1) is 20.7. The lowest BCUT2D eigenvalue weighted by atomic mass is 9.41. The van der Waals surface area contributed by atoms with E-state index >= 15 is 0 Å². The fourth-order valence-electron chi connectivity index (χ4n) is 13.3. The molecule has 5 saturated carbocycles. The van der Waals surface area contributed by atoms with Gasteiger partial charge in [0.05, 0.1) is 18.3 Å². The second kappa shape index (κ2) is 9.98. The monoisotopic (exact) mass is 614 g/mol. The van der Waals surface area contributed by atoms with Crippen molar-refractivity contribution in [2.75, 3.05) is 20.1 Å². The second-order valence-corrected chi connectivity index (χ2v) is 17.6. The first kappa shape index (κ1) is 31.1. The molecule has 7 rings (SSSR count). The zero-order valence-corrected chi connectivity index (χ0v) is 28.5. The Bertz CT molecular complexity index is 1190. The highest BCUT2D eigenvalue weighted by Gasteiger charge is 2.84. The number of hydrogen-bond donors (Lipinski definition) is 2. The van der Waals surface area contributed by atoms with Crippen LogP contribution in [0.25, 0.3) is 0 Å². The van der Waals surface area contributed by atoms with Crippen LogP contribution >= 0.6 is 0 Å². The molecular formula is C36H58N2O6. The predicted molar refractivity (Wildman–Crippen MR) is 167 cm³/mol. The summed E-state index contributed by atoms with van der Waals surface area (Å²) in [4.78, 5) is 26.9. The Labute approximate surface area is 264 Å². The lowest BCUT2D eigenvalue weighted by molar-refractivity contribution is -0.185. The van der Waals surface area contributed by atoms with Gasteiger partial charge in [0.15, 0.2) is 0 Å². The van der Waals surface area contributed by atoms with Crippen LogP contribution in [-0.4, -0.2) is 72.8 Å². The van der Waals surface area contributed by atoms with Gasteiger partial charge in [-0.3, -0.25) is 0 Å². The number of nitrogens with one attached hydrogen (secondary N) is 1. The van der Waals surface area contributed by atoms with Gasteiger partial charge in [-0.1, -0.05) is 48.5 Å². The van der Waals surface area contributed by atoms with Crippen molar-refractivity contribution in [2.45, 2.75) is 137 Å². The summed E-state index contributed by atoms with van der Waals surface area (Å²) in [5.74, 6) is 1.78. The number of carbonyl (C=O) groups excluding carboxylic acids is 2. The maximum atomic E-state index is 12.9. The number of hydrogen-bond acceptors (Lipinski definition) is 6. The van der Waals surface area contributed by atoms with Crippen molar-refractivity contribution in [1.82, 2.24) is 10.2 Å². The molecule has 248 valence electrons. The van der Waals surface area contributed by atoms with Gasteiger partial charge in [-0.25, -0.2) is 9.59 Å². The van der Waals surface area contributed by atoms with E-state index in [1.807, 2.05) is 0 Å². The standard InChI is InChI=1S/C36H58N2O6/c1-20(2)27(44-31(41)38-16-9-17-38)22-18-21(3)26-28(42-22)29(39)34(7)24-11-10-23-32(4,5)25(43-30(40)37-8)12-13-35(23)19-36(24,35)15-14-33(26,34)6/h20-29,39H,9-19H2,1-8H3,(H,37,40)/t21-,22?,23+,24?,25+,26?,27-,28?,29+,33?,34-,35-,36+/m1/s1. The predicted octanol–water partition coefficient (Wildman–Crippen LogP) is 6.39. The molecule has 7 aliphatic rings. The van der Waals surface area contributed by atoms with Gasteiger partial charge in [-0.2, -0.15) is 0 Å². The molecule has 13 atom stereocenters. The number of fused-ring (bicyclic) bond motifs is 4. The van der Waals surface area contributed by atoms with E-state index in [9.17, 15) is 14.7 Å². The summed E-state index contributed by atoms with van der Waals surface area (Å²) >= 11 is 0. The molecule has 0 aromatic rings. The van der Waals surface area contributed by atoms with E-state index in [0.717, 1.165) is 58.0 Å². The molecule has 44 heavy (non-hydrogen) atoms. The van der Waals surface area contributed by atoms with Crippen LogP contribution in [0.3, 0.4) is 0 Å². The smallest absolute Gasteiger partial charge is 0.410 e. The van der Waals surface area contributed by atoms with Crippen LogP contribution in [0.4, 0.5) is 9.59 Å². The number of aliphatic hydroxyl groups is 1. The Morgan fingerprint density at radius 1 is 1.00 bits per heavy atom. The van der Waals surface area contributed by atoms with E-state index in [4.69, 9.17) is 14.2 Å². The lowest BCUT2D eigenvalue weighted by Crippen LogP contribution is -2.60. The van der Waals surface area contributed by atoms with Gasteiger partial charge in [-0.05, 0) is 104 Å². The van der Waals surface area contributed by atoms with Crippen molar-refractivity contribution in [1.29, 1.82) is 0 Å². The van der Waals surface area contributed by atoms with Crippen LogP contribution < -0.4 is 5.32 Å². The number of rotatable bonds is 4. The number of amides is 2. The van der Waals surface area contributed by atoms with Gasteiger partial charge in [0.1, 0.15) is 12.2 Å². The number of alkyl carbamates (subject to hydrolysis) is 1. The van der Waals surface area contributed by atoms with Gasteiger partial charge in [0, 0.05) is 31.0 Å². The highest BCUT2D eigenvalue weighted by molar-refractivity contribution is 5.68. The Hall–Kier alpha value is -1.54. The first-order valence-corrected chi connectivity index (χ1v) is 17.9. The van der Waals surface area contributed by atoms with Crippen LogP contribution in [0.2, 0.25) is 0 Å². The second-order valence-electron chi connectivity index (χ2n) is 17.6. The van der Waals surface area contributed by atoms with Crippen molar-refractivity contribution in [3.05, 3.63) is 0 Å². The van der Waals surface area contributed by atoms with Crippen LogP contribution in [0, 0.1) is 56.7 Å². The van der Waals surface area contributed by atoms with Gasteiger partial charge >= 0.3 is 12.2 Å². The molecule has 2 spiro atoms. The Morgan fingerprint density at radius 2 is 1.68 bits per heavy atom. The van der Waals surface area contributed by atoms with E-state index in [0.29, 0.717) is 17.8 Å². The maximum absolute atomic E-state index is 12.9. The summed E-state index contributed by atoms with van der Waals surface area (Å²) in [5.41, 5.74) is 0.212. The zero-order valence-electron chi connectivity index (χ0n) is 28.5. The third-order valence-corrected chi connectivity index (χ3v) is 15.6. The van der Waals surface area contributed by atoms with E-state index < -0.39 is 6.10 Å². The quantitative estimate of drug-likeness (QED) is 0.381.